The smallest absolute Gasteiger partial charge is 0.136 e. The molecule has 1 heterocycles. The highest BCUT2D eigenvalue weighted by atomic mass is 35.5. The van der Waals surface area contributed by atoms with Crippen LogP contribution in [0.15, 0.2) is 18.2 Å². The molecule has 3 nitrogen and oxygen atoms in total. The summed E-state index contributed by atoms with van der Waals surface area (Å²) >= 11 is 5.88. The molecule has 1 N–H and O–H groups in total. The fourth-order valence-corrected chi connectivity index (χ4v) is 1.64. The average Bonchev–Trinajstić information content (AvgIpc) is 2.13. The second kappa shape index (κ2) is 3.42. The normalized spacial score (nSPS) is 18.8. The molecule has 0 aromatic heterocycles. The molecule has 1 aromatic carbocycles. The highest BCUT2D eigenvalue weighted by Crippen LogP contribution is 2.33. The lowest BCUT2D eigenvalue weighted by molar-refractivity contribution is -0.184. The monoisotopic (exact) mass is 214 g/mol. The molecule has 1 fully saturated rings. The first-order chi connectivity index (χ1) is 6.64. The molecule has 0 radical (unpaired) electrons. The van der Waals surface area contributed by atoms with Crippen LogP contribution in [0.3, 0.4) is 0 Å². The molecule has 76 valence electrons. The Morgan fingerprint density at radius 1 is 1.43 bits per heavy atom. The molecule has 1 aliphatic rings. The van der Waals surface area contributed by atoms with Crippen LogP contribution < -0.4 is 4.74 Å². The van der Waals surface area contributed by atoms with Crippen molar-refractivity contribution in [3.63, 3.8) is 0 Å². The van der Waals surface area contributed by atoms with E-state index in [4.69, 9.17) is 21.1 Å². The Labute approximate surface area is 87.2 Å². The summed E-state index contributed by atoms with van der Waals surface area (Å²) < 4.78 is 10.0. The average molecular weight is 215 g/mol. The minimum absolute atomic E-state index is 0.316. The fraction of sp³-hybridized carbons (Fsp3) is 0.400. The van der Waals surface area contributed by atoms with E-state index in [2.05, 4.69) is 0 Å². The van der Waals surface area contributed by atoms with E-state index in [9.17, 15) is 5.11 Å². The molecular weight excluding hydrogens is 204 g/mol. The van der Waals surface area contributed by atoms with Crippen LogP contribution in [0.5, 0.6) is 5.75 Å². The Morgan fingerprint density at radius 3 is 2.64 bits per heavy atom. The summed E-state index contributed by atoms with van der Waals surface area (Å²) in [7, 11) is 1.57. The second-order valence-electron chi connectivity index (χ2n) is 3.40. The molecule has 0 bridgehead atoms. The number of aliphatic hydroxyl groups is 1. The molecule has 1 saturated heterocycles. The standard InChI is InChI=1S/C10H11ClO3/c1-13-9-3-7(2-8(11)4-9)10(12)5-14-6-10/h2-4,12H,5-6H2,1H3. The molecule has 2 rings (SSSR count). The van der Waals surface area contributed by atoms with Gasteiger partial charge in [0, 0.05) is 5.02 Å². The van der Waals surface area contributed by atoms with Crippen molar-refractivity contribution in [3.8, 4) is 5.75 Å². The largest absolute Gasteiger partial charge is 0.497 e. The van der Waals surface area contributed by atoms with Gasteiger partial charge in [-0.2, -0.15) is 0 Å². The number of hydrogen-bond donors (Lipinski definition) is 1. The maximum atomic E-state index is 9.99. The minimum atomic E-state index is -0.891. The molecule has 0 saturated carbocycles. The van der Waals surface area contributed by atoms with Crippen molar-refractivity contribution in [2.75, 3.05) is 20.3 Å². The van der Waals surface area contributed by atoms with E-state index in [0.29, 0.717) is 24.0 Å². The van der Waals surface area contributed by atoms with E-state index >= 15 is 0 Å². The zero-order chi connectivity index (χ0) is 10.2. The zero-order valence-electron chi connectivity index (χ0n) is 7.79. The third-order valence-corrected chi connectivity index (χ3v) is 2.54. The van der Waals surface area contributed by atoms with E-state index in [1.165, 1.54) is 0 Å². The summed E-state index contributed by atoms with van der Waals surface area (Å²) in [6.07, 6.45) is 0. The summed E-state index contributed by atoms with van der Waals surface area (Å²) in [5.74, 6) is 0.646. The van der Waals surface area contributed by atoms with Crippen molar-refractivity contribution in [1.29, 1.82) is 0 Å². The summed E-state index contributed by atoms with van der Waals surface area (Å²) in [5, 5.41) is 10.5. The van der Waals surface area contributed by atoms with Gasteiger partial charge in [0.15, 0.2) is 0 Å². The van der Waals surface area contributed by atoms with Crippen LogP contribution in [0.25, 0.3) is 0 Å². The molecule has 1 aromatic rings. The predicted molar refractivity (Wildman–Crippen MR) is 52.7 cm³/mol. The molecule has 4 heteroatoms. The van der Waals surface area contributed by atoms with Crippen molar-refractivity contribution < 1.29 is 14.6 Å². The summed E-state index contributed by atoms with van der Waals surface area (Å²) in [6, 6.07) is 5.20. The van der Waals surface area contributed by atoms with E-state index in [1.54, 1.807) is 25.3 Å². The third kappa shape index (κ3) is 1.59. The number of hydrogen-bond acceptors (Lipinski definition) is 3. The van der Waals surface area contributed by atoms with Gasteiger partial charge >= 0.3 is 0 Å². The first-order valence-electron chi connectivity index (χ1n) is 4.29. The SMILES string of the molecule is COc1cc(Cl)cc(C2(O)COC2)c1. The summed E-state index contributed by atoms with van der Waals surface area (Å²) in [6.45, 7) is 0.632. The maximum absolute atomic E-state index is 9.99. The van der Waals surface area contributed by atoms with Crippen LogP contribution >= 0.6 is 11.6 Å². The molecule has 0 atom stereocenters. The van der Waals surface area contributed by atoms with Gasteiger partial charge in [-0.05, 0) is 23.8 Å². The molecule has 0 unspecified atom stereocenters. The zero-order valence-corrected chi connectivity index (χ0v) is 8.54. The number of methoxy groups -OCH3 is 1. The Kier molecular flexibility index (Phi) is 2.39. The molecule has 0 amide bonds. The molecule has 1 aliphatic heterocycles. The molecule has 0 spiro atoms. The second-order valence-corrected chi connectivity index (χ2v) is 3.84. The van der Waals surface area contributed by atoms with Crippen LogP contribution in [0, 0.1) is 0 Å². The summed E-state index contributed by atoms with van der Waals surface area (Å²) in [4.78, 5) is 0. The van der Waals surface area contributed by atoms with E-state index < -0.39 is 5.60 Å². The third-order valence-electron chi connectivity index (χ3n) is 2.33. The van der Waals surface area contributed by atoms with E-state index in [-0.39, 0.29) is 0 Å². The number of rotatable bonds is 2. The van der Waals surface area contributed by atoms with Crippen LogP contribution in [-0.2, 0) is 10.3 Å². The Morgan fingerprint density at radius 2 is 2.14 bits per heavy atom. The molecule has 0 aliphatic carbocycles. The van der Waals surface area contributed by atoms with Gasteiger partial charge < -0.3 is 14.6 Å². The number of ether oxygens (including phenoxy) is 2. The van der Waals surface area contributed by atoms with Crippen molar-refractivity contribution >= 4 is 11.6 Å². The van der Waals surface area contributed by atoms with Crippen molar-refractivity contribution in [2.45, 2.75) is 5.60 Å². The predicted octanol–water partition coefficient (Wildman–Crippen LogP) is 1.57. The number of halogens is 1. The highest BCUT2D eigenvalue weighted by molar-refractivity contribution is 6.30. The van der Waals surface area contributed by atoms with Gasteiger partial charge in [-0.3, -0.25) is 0 Å². The van der Waals surface area contributed by atoms with Crippen LogP contribution in [0.4, 0.5) is 0 Å². The van der Waals surface area contributed by atoms with Gasteiger partial charge in [0.25, 0.3) is 0 Å². The van der Waals surface area contributed by atoms with Crippen molar-refractivity contribution in [1.82, 2.24) is 0 Å². The van der Waals surface area contributed by atoms with Gasteiger partial charge in [0.1, 0.15) is 11.4 Å². The Balaban J connectivity index is 2.37. The topological polar surface area (TPSA) is 38.7 Å². The van der Waals surface area contributed by atoms with Crippen molar-refractivity contribution in [3.05, 3.63) is 28.8 Å². The lowest BCUT2D eigenvalue weighted by Crippen LogP contribution is -2.46. The minimum Gasteiger partial charge on any atom is -0.497 e. The van der Waals surface area contributed by atoms with Gasteiger partial charge in [-0.15, -0.1) is 0 Å². The number of benzene rings is 1. The molecule has 14 heavy (non-hydrogen) atoms. The molecular formula is C10H11ClO3. The van der Waals surface area contributed by atoms with Crippen LogP contribution in [0.2, 0.25) is 5.02 Å². The van der Waals surface area contributed by atoms with Gasteiger partial charge in [-0.1, -0.05) is 11.6 Å². The van der Waals surface area contributed by atoms with E-state index in [0.717, 1.165) is 5.56 Å². The van der Waals surface area contributed by atoms with Gasteiger partial charge in [0.05, 0.1) is 20.3 Å². The fourth-order valence-electron chi connectivity index (χ4n) is 1.41. The summed E-state index contributed by atoms with van der Waals surface area (Å²) in [5.41, 5.74) is -0.147. The van der Waals surface area contributed by atoms with Gasteiger partial charge in [-0.25, -0.2) is 0 Å². The maximum Gasteiger partial charge on any atom is 0.136 e. The first kappa shape index (κ1) is 9.77. The lowest BCUT2D eigenvalue weighted by Gasteiger charge is -2.36. The Hall–Kier alpha value is -0.770. The Bertz CT molecular complexity index is 347. The van der Waals surface area contributed by atoms with E-state index in [1.807, 2.05) is 0 Å². The quantitative estimate of drug-likeness (QED) is 0.812. The first-order valence-corrected chi connectivity index (χ1v) is 4.67. The van der Waals surface area contributed by atoms with Crippen molar-refractivity contribution in [2.24, 2.45) is 0 Å². The lowest BCUT2D eigenvalue weighted by atomic mass is 9.92. The van der Waals surface area contributed by atoms with Crippen LogP contribution in [-0.4, -0.2) is 25.4 Å². The van der Waals surface area contributed by atoms with Gasteiger partial charge in [0.2, 0.25) is 0 Å². The van der Waals surface area contributed by atoms with Crippen LogP contribution in [0.1, 0.15) is 5.56 Å². The highest BCUT2D eigenvalue weighted by Gasteiger charge is 2.38.